The number of esters is 1. The van der Waals surface area contributed by atoms with Crippen LogP contribution in [-0.4, -0.2) is 35.8 Å². The number of carbonyl (C=O) groups is 2. The first-order chi connectivity index (χ1) is 10.7. The Balaban J connectivity index is 1.68. The van der Waals surface area contributed by atoms with Crippen LogP contribution in [0.5, 0.6) is 0 Å². The lowest BCUT2D eigenvalue weighted by Gasteiger charge is -2.03. The number of benzene rings is 1. The first kappa shape index (κ1) is 16.3. The Morgan fingerprint density at radius 3 is 3.00 bits per heavy atom. The van der Waals surface area contributed by atoms with Crippen molar-refractivity contribution in [2.45, 2.75) is 10.8 Å². The van der Waals surface area contributed by atoms with Crippen molar-refractivity contribution in [3.8, 4) is 12.3 Å². The van der Waals surface area contributed by atoms with Gasteiger partial charge in [0.25, 0.3) is 5.91 Å². The molecule has 0 spiro atoms. The van der Waals surface area contributed by atoms with E-state index in [4.69, 9.17) is 11.2 Å². The molecule has 1 amide bonds. The van der Waals surface area contributed by atoms with Gasteiger partial charge in [-0.2, -0.15) is 0 Å². The smallest absolute Gasteiger partial charge is 0.307 e. The van der Waals surface area contributed by atoms with Gasteiger partial charge in [0.1, 0.15) is 0 Å². The highest BCUT2D eigenvalue weighted by Gasteiger charge is 2.09. The largest absolute Gasteiger partial charge is 0.456 e. The van der Waals surface area contributed by atoms with Crippen molar-refractivity contribution in [1.82, 2.24) is 10.3 Å². The monoisotopic (exact) mass is 334 g/mol. The summed E-state index contributed by atoms with van der Waals surface area (Å²) >= 11 is 3.10. The molecular weight excluding hydrogens is 320 g/mol. The second-order valence-electron chi connectivity index (χ2n) is 4.19. The summed E-state index contributed by atoms with van der Waals surface area (Å²) in [5, 5.41) is 2.42. The zero-order valence-corrected chi connectivity index (χ0v) is 13.3. The molecule has 2 aromatic rings. The van der Waals surface area contributed by atoms with Crippen LogP contribution in [0.25, 0.3) is 10.2 Å². The number of nitrogens with zero attached hydrogens (tertiary/aromatic N) is 1. The minimum atomic E-state index is -0.413. The highest BCUT2D eigenvalue weighted by molar-refractivity contribution is 8.01. The van der Waals surface area contributed by atoms with Gasteiger partial charge in [-0.15, -0.1) is 17.8 Å². The number of aromatic nitrogens is 1. The Kier molecular flexibility index (Phi) is 6.25. The summed E-state index contributed by atoms with van der Waals surface area (Å²) in [6, 6.07) is 7.88. The number of thioether (sulfide) groups is 1. The SMILES string of the molecule is C#CCNC(=O)COC(=O)CCSc1nc2ccccc2s1. The van der Waals surface area contributed by atoms with Gasteiger partial charge in [0.2, 0.25) is 0 Å². The molecule has 0 aliphatic heterocycles. The van der Waals surface area contributed by atoms with E-state index in [0.717, 1.165) is 14.6 Å². The predicted octanol–water partition coefficient (Wildman–Crippen LogP) is 2.07. The summed E-state index contributed by atoms with van der Waals surface area (Å²) in [4.78, 5) is 27.2. The van der Waals surface area contributed by atoms with E-state index in [0.29, 0.717) is 5.75 Å². The van der Waals surface area contributed by atoms with Crippen LogP contribution >= 0.6 is 23.1 Å². The second-order valence-corrected chi connectivity index (χ2v) is 6.56. The molecule has 0 fully saturated rings. The summed E-state index contributed by atoms with van der Waals surface area (Å²) in [6.07, 6.45) is 5.23. The minimum absolute atomic E-state index is 0.129. The van der Waals surface area contributed by atoms with Crippen molar-refractivity contribution in [3.63, 3.8) is 0 Å². The molecule has 7 heteroatoms. The molecule has 0 aliphatic rings. The van der Waals surface area contributed by atoms with Crippen molar-refractivity contribution in [1.29, 1.82) is 0 Å². The van der Waals surface area contributed by atoms with E-state index in [1.54, 1.807) is 11.3 Å². The Hall–Kier alpha value is -2.04. The number of amides is 1. The third-order valence-electron chi connectivity index (χ3n) is 2.56. The van der Waals surface area contributed by atoms with Gasteiger partial charge in [-0.05, 0) is 12.1 Å². The van der Waals surface area contributed by atoms with Crippen molar-refractivity contribution >= 4 is 45.2 Å². The average Bonchev–Trinajstić information content (AvgIpc) is 2.93. The summed E-state index contributed by atoms with van der Waals surface area (Å²) < 4.78 is 6.89. The fraction of sp³-hybridized carbons (Fsp3) is 0.267. The molecule has 1 aromatic heterocycles. The Bertz CT molecular complexity index is 673. The lowest BCUT2D eigenvalue weighted by atomic mass is 10.3. The van der Waals surface area contributed by atoms with Gasteiger partial charge in [-0.1, -0.05) is 29.8 Å². The van der Waals surface area contributed by atoms with Crippen LogP contribution < -0.4 is 5.32 Å². The van der Waals surface area contributed by atoms with E-state index in [9.17, 15) is 9.59 Å². The van der Waals surface area contributed by atoms with Gasteiger partial charge in [0.05, 0.1) is 23.2 Å². The maximum Gasteiger partial charge on any atom is 0.307 e. The molecule has 0 aliphatic carbocycles. The Labute approximate surface area is 136 Å². The maximum atomic E-state index is 11.5. The molecule has 0 atom stereocenters. The number of carbonyl (C=O) groups excluding carboxylic acids is 2. The van der Waals surface area contributed by atoms with E-state index in [1.807, 2.05) is 24.3 Å². The summed E-state index contributed by atoms with van der Waals surface area (Å²) in [5.41, 5.74) is 0.961. The minimum Gasteiger partial charge on any atom is -0.456 e. The number of para-hydroxylation sites is 1. The highest BCUT2D eigenvalue weighted by Crippen LogP contribution is 2.29. The van der Waals surface area contributed by atoms with Gasteiger partial charge in [0, 0.05) is 5.75 Å². The molecule has 22 heavy (non-hydrogen) atoms. The summed E-state index contributed by atoms with van der Waals surface area (Å²) in [7, 11) is 0. The third kappa shape index (κ3) is 5.06. The molecular formula is C15H14N2O3S2. The Morgan fingerprint density at radius 1 is 1.41 bits per heavy atom. The van der Waals surface area contributed by atoms with E-state index in [2.05, 4.69) is 16.2 Å². The summed E-state index contributed by atoms with van der Waals surface area (Å²) in [6.45, 7) is -0.170. The fourth-order valence-electron chi connectivity index (χ4n) is 1.55. The van der Waals surface area contributed by atoms with E-state index in [-0.39, 0.29) is 19.6 Å². The summed E-state index contributed by atoms with van der Waals surface area (Å²) in [5.74, 6) is 2.02. The van der Waals surface area contributed by atoms with Gasteiger partial charge in [-0.3, -0.25) is 9.59 Å². The van der Waals surface area contributed by atoms with E-state index in [1.165, 1.54) is 11.8 Å². The lowest BCUT2D eigenvalue weighted by molar-refractivity contribution is -0.148. The number of terminal acetylenes is 1. The number of thiazole rings is 1. The molecule has 0 bridgehead atoms. The van der Waals surface area contributed by atoms with Crippen LogP contribution in [0.1, 0.15) is 6.42 Å². The second kappa shape index (κ2) is 8.41. The van der Waals surface area contributed by atoms with Gasteiger partial charge in [-0.25, -0.2) is 4.98 Å². The zero-order valence-electron chi connectivity index (χ0n) is 11.7. The quantitative estimate of drug-likeness (QED) is 0.477. The van der Waals surface area contributed by atoms with Crippen LogP contribution in [0.2, 0.25) is 0 Å². The van der Waals surface area contributed by atoms with E-state index >= 15 is 0 Å². The predicted molar refractivity (Wildman–Crippen MR) is 87.8 cm³/mol. The van der Waals surface area contributed by atoms with Crippen LogP contribution in [-0.2, 0) is 14.3 Å². The van der Waals surface area contributed by atoms with Gasteiger partial charge >= 0.3 is 5.97 Å². The Morgan fingerprint density at radius 2 is 2.23 bits per heavy atom. The van der Waals surface area contributed by atoms with Crippen LogP contribution in [0.4, 0.5) is 0 Å². The number of ether oxygens (including phenoxy) is 1. The van der Waals surface area contributed by atoms with Crippen LogP contribution in [0, 0.1) is 12.3 Å². The molecule has 1 N–H and O–H groups in total. The van der Waals surface area contributed by atoms with Crippen molar-refractivity contribution in [2.75, 3.05) is 18.9 Å². The topological polar surface area (TPSA) is 68.3 Å². The standard InChI is InChI=1S/C15H14N2O3S2/c1-2-8-16-13(18)10-20-14(19)7-9-21-15-17-11-5-3-4-6-12(11)22-15/h1,3-6H,7-10H2,(H,16,18). The fourth-order valence-corrected chi connectivity index (χ4v) is 3.61. The molecule has 1 aromatic carbocycles. The van der Waals surface area contributed by atoms with Crippen LogP contribution in [0.15, 0.2) is 28.6 Å². The maximum absolute atomic E-state index is 11.5. The molecule has 0 saturated carbocycles. The molecule has 0 radical (unpaired) electrons. The molecule has 0 saturated heterocycles. The molecule has 0 unspecified atom stereocenters. The number of hydrogen-bond acceptors (Lipinski definition) is 6. The number of hydrogen-bond donors (Lipinski definition) is 1. The van der Waals surface area contributed by atoms with E-state index < -0.39 is 11.9 Å². The third-order valence-corrected chi connectivity index (χ3v) is 4.74. The average molecular weight is 334 g/mol. The van der Waals surface area contributed by atoms with Crippen molar-refractivity contribution < 1.29 is 14.3 Å². The molecule has 5 nitrogen and oxygen atoms in total. The molecule has 2 rings (SSSR count). The highest BCUT2D eigenvalue weighted by atomic mass is 32.2. The van der Waals surface area contributed by atoms with Crippen molar-refractivity contribution in [2.24, 2.45) is 0 Å². The molecule has 1 heterocycles. The number of fused-ring (bicyclic) bond motifs is 1. The first-order valence-corrected chi connectivity index (χ1v) is 8.33. The van der Waals surface area contributed by atoms with Crippen LogP contribution in [0.3, 0.4) is 0 Å². The normalized spacial score (nSPS) is 10.1. The molecule has 114 valence electrons. The lowest BCUT2D eigenvalue weighted by Crippen LogP contribution is -2.29. The van der Waals surface area contributed by atoms with Crippen molar-refractivity contribution in [3.05, 3.63) is 24.3 Å². The van der Waals surface area contributed by atoms with Gasteiger partial charge < -0.3 is 10.1 Å². The van der Waals surface area contributed by atoms with Gasteiger partial charge in [0.15, 0.2) is 10.9 Å². The number of nitrogens with one attached hydrogen (secondary N) is 1. The number of rotatable bonds is 7. The zero-order chi connectivity index (χ0) is 15.8. The first-order valence-electron chi connectivity index (χ1n) is 6.53.